The number of benzene rings is 1. The average Bonchev–Trinajstić information content (AvgIpc) is 2.77. The number of nitrogens with one attached hydrogen (secondary N) is 1. The van der Waals surface area contributed by atoms with Crippen LogP contribution in [0.1, 0.15) is 17.2 Å². The molecule has 0 aliphatic heterocycles. The van der Waals surface area contributed by atoms with Gasteiger partial charge in [-0.15, -0.1) is 11.8 Å². The van der Waals surface area contributed by atoms with E-state index in [1.165, 1.54) is 10.5 Å². The Kier molecular flexibility index (Phi) is 4.17. The lowest BCUT2D eigenvalue weighted by molar-refractivity contribution is 0.874. The fraction of sp³-hybridized carbons (Fsp3) is 0.333. The highest BCUT2D eigenvalue weighted by molar-refractivity contribution is 7.98. The Balaban J connectivity index is 1.90. The van der Waals surface area contributed by atoms with E-state index in [-0.39, 0.29) is 0 Å². The Hall–Kier alpha value is -1.33. The molecule has 1 aromatic carbocycles. The molecule has 4 nitrogen and oxygen atoms in total. The summed E-state index contributed by atoms with van der Waals surface area (Å²) in [7, 11) is 0. The van der Waals surface area contributed by atoms with Crippen molar-refractivity contribution >= 4 is 11.8 Å². The van der Waals surface area contributed by atoms with Crippen LogP contribution in [0.5, 0.6) is 0 Å². The molecule has 1 aromatic heterocycles. The van der Waals surface area contributed by atoms with Crippen molar-refractivity contribution in [3.05, 3.63) is 41.5 Å². The Morgan fingerprint density at radius 1 is 1.29 bits per heavy atom. The van der Waals surface area contributed by atoms with Gasteiger partial charge in [-0.1, -0.05) is 17.7 Å². The zero-order chi connectivity index (χ0) is 12.1. The zero-order valence-corrected chi connectivity index (χ0v) is 10.6. The summed E-state index contributed by atoms with van der Waals surface area (Å²) in [4.78, 5) is 5.61. The molecule has 0 aliphatic rings. The van der Waals surface area contributed by atoms with Crippen LogP contribution in [-0.2, 0) is 12.2 Å². The lowest BCUT2D eigenvalue weighted by Gasteiger charge is -1.99. The van der Waals surface area contributed by atoms with Crippen molar-refractivity contribution in [3.8, 4) is 0 Å². The second-order valence-corrected chi connectivity index (χ2v) is 4.89. The van der Waals surface area contributed by atoms with Gasteiger partial charge in [0.05, 0.1) is 5.75 Å². The fourth-order valence-corrected chi connectivity index (χ4v) is 2.19. The molecule has 2 rings (SSSR count). The molecule has 90 valence electrons. The van der Waals surface area contributed by atoms with Gasteiger partial charge < -0.3 is 5.73 Å². The van der Waals surface area contributed by atoms with Crippen LogP contribution in [0.4, 0.5) is 0 Å². The van der Waals surface area contributed by atoms with Crippen LogP contribution < -0.4 is 5.73 Å². The molecule has 0 saturated heterocycles. The fourth-order valence-electron chi connectivity index (χ4n) is 1.43. The van der Waals surface area contributed by atoms with E-state index in [9.17, 15) is 0 Å². The number of hydrogen-bond donors (Lipinski definition) is 2. The van der Waals surface area contributed by atoms with Gasteiger partial charge in [-0.2, -0.15) is 5.10 Å². The summed E-state index contributed by atoms with van der Waals surface area (Å²) >= 11 is 1.75. The van der Waals surface area contributed by atoms with E-state index in [1.807, 2.05) is 0 Å². The predicted octanol–water partition coefficient (Wildman–Crippen LogP) is 1.91. The van der Waals surface area contributed by atoms with Crippen molar-refractivity contribution in [3.63, 3.8) is 0 Å². The first kappa shape index (κ1) is 12.1. The molecule has 0 radical (unpaired) electrons. The Morgan fingerprint density at radius 3 is 2.76 bits per heavy atom. The van der Waals surface area contributed by atoms with Crippen molar-refractivity contribution in [1.82, 2.24) is 15.2 Å². The Morgan fingerprint density at radius 2 is 2.06 bits per heavy atom. The van der Waals surface area contributed by atoms with Gasteiger partial charge in [0.15, 0.2) is 5.82 Å². The van der Waals surface area contributed by atoms with Crippen LogP contribution in [-0.4, -0.2) is 21.7 Å². The smallest absolute Gasteiger partial charge is 0.151 e. The molecule has 0 spiro atoms. The number of hydrogen-bond acceptors (Lipinski definition) is 4. The molecule has 1 heterocycles. The summed E-state index contributed by atoms with van der Waals surface area (Å²) in [5.41, 5.74) is 6.73. The van der Waals surface area contributed by atoms with Crippen LogP contribution in [0, 0.1) is 6.92 Å². The molecule has 0 atom stereocenters. The second kappa shape index (κ2) is 5.84. The van der Waals surface area contributed by atoms with E-state index in [1.54, 1.807) is 11.8 Å². The second-order valence-electron chi connectivity index (χ2n) is 3.84. The molecule has 0 fully saturated rings. The summed E-state index contributed by atoms with van der Waals surface area (Å²) in [6.45, 7) is 2.67. The van der Waals surface area contributed by atoms with E-state index in [0.717, 1.165) is 23.8 Å². The number of aryl methyl sites for hydroxylation is 1. The first-order valence-corrected chi connectivity index (χ1v) is 6.56. The first-order chi connectivity index (χ1) is 8.28. The molecule has 17 heavy (non-hydrogen) atoms. The number of aromatic nitrogens is 3. The molecule has 5 heteroatoms. The van der Waals surface area contributed by atoms with E-state index in [4.69, 9.17) is 5.73 Å². The monoisotopic (exact) mass is 248 g/mol. The Labute approximate surface area is 105 Å². The predicted molar refractivity (Wildman–Crippen MR) is 69.9 cm³/mol. The average molecular weight is 248 g/mol. The maximum atomic E-state index is 5.45. The normalized spacial score (nSPS) is 10.7. The highest BCUT2D eigenvalue weighted by atomic mass is 32.2. The highest BCUT2D eigenvalue weighted by Gasteiger charge is 2.03. The zero-order valence-electron chi connectivity index (χ0n) is 9.81. The van der Waals surface area contributed by atoms with E-state index in [2.05, 4.69) is 46.4 Å². The number of nitrogens with zero attached hydrogens (tertiary/aromatic N) is 2. The van der Waals surface area contributed by atoms with Gasteiger partial charge in [0.25, 0.3) is 0 Å². The number of nitrogens with two attached hydrogens (primary N) is 1. The minimum atomic E-state index is 0.586. The molecule has 0 aliphatic carbocycles. The van der Waals surface area contributed by atoms with E-state index < -0.39 is 0 Å². The molecule has 0 saturated carbocycles. The third-order valence-corrected chi connectivity index (χ3v) is 3.37. The largest absolute Gasteiger partial charge is 0.330 e. The van der Waals surface area contributed by atoms with Crippen LogP contribution >= 0.6 is 11.8 Å². The first-order valence-electron chi connectivity index (χ1n) is 5.57. The maximum absolute atomic E-state index is 5.45. The van der Waals surface area contributed by atoms with Gasteiger partial charge in [0, 0.05) is 11.3 Å². The van der Waals surface area contributed by atoms with Gasteiger partial charge in [-0.05, 0) is 25.6 Å². The lowest BCUT2D eigenvalue weighted by Crippen LogP contribution is -2.03. The van der Waals surface area contributed by atoms with E-state index in [0.29, 0.717) is 6.54 Å². The van der Waals surface area contributed by atoms with Gasteiger partial charge in [0.2, 0.25) is 0 Å². The Bertz CT molecular complexity index is 464. The van der Waals surface area contributed by atoms with Gasteiger partial charge in [0.1, 0.15) is 5.82 Å². The van der Waals surface area contributed by atoms with Crippen LogP contribution in [0.3, 0.4) is 0 Å². The lowest BCUT2D eigenvalue weighted by atomic mass is 10.2. The number of H-pyrrole nitrogens is 1. The maximum Gasteiger partial charge on any atom is 0.151 e. The topological polar surface area (TPSA) is 67.6 Å². The van der Waals surface area contributed by atoms with E-state index >= 15 is 0 Å². The SMILES string of the molecule is Cc1ccc(SCc2nc(CCN)n[nH]2)cc1. The molecule has 0 unspecified atom stereocenters. The van der Waals surface area contributed by atoms with Crippen molar-refractivity contribution in [2.45, 2.75) is 24.0 Å². The standard InChI is InChI=1S/C12H16N4S/c1-9-2-4-10(5-3-9)17-8-12-14-11(6-7-13)15-16-12/h2-5H,6-8,13H2,1H3,(H,14,15,16). The van der Waals surface area contributed by atoms with Crippen molar-refractivity contribution in [2.75, 3.05) is 6.54 Å². The summed E-state index contributed by atoms with van der Waals surface area (Å²) in [5.74, 6) is 2.51. The number of rotatable bonds is 5. The van der Waals surface area contributed by atoms with Gasteiger partial charge in [-0.25, -0.2) is 4.98 Å². The number of aromatic amines is 1. The molecule has 3 N–H and O–H groups in total. The van der Waals surface area contributed by atoms with Crippen LogP contribution in [0.25, 0.3) is 0 Å². The van der Waals surface area contributed by atoms with Gasteiger partial charge in [-0.3, -0.25) is 5.10 Å². The summed E-state index contributed by atoms with van der Waals surface area (Å²) in [6, 6.07) is 8.47. The quantitative estimate of drug-likeness (QED) is 0.793. The van der Waals surface area contributed by atoms with Crippen molar-refractivity contribution in [2.24, 2.45) is 5.73 Å². The minimum Gasteiger partial charge on any atom is -0.330 e. The molecular formula is C12H16N4S. The molecule has 0 amide bonds. The molecule has 0 bridgehead atoms. The van der Waals surface area contributed by atoms with Crippen molar-refractivity contribution < 1.29 is 0 Å². The summed E-state index contributed by atoms with van der Waals surface area (Å²) in [5, 5.41) is 7.04. The minimum absolute atomic E-state index is 0.586. The third kappa shape index (κ3) is 3.57. The third-order valence-electron chi connectivity index (χ3n) is 2.34. The molecular weight excluding hydrogens is 232 g/mol. The highest BCUT2D eigenvalue weighted by Crippen LogP contribution is 2.21. The summed E-state index contributed by atoms with van der Waals surface area (Å²) in [6.07, 6.45) is 0.728. The van der Waals surface area contributed by atoms with Crippen LogP contribution in [0.15, 0.2) is 29.2 Å². The van der Waals surface area contributed by atoms with Gasteiger partial charge >= 0.3 is 0 Å². The van der Waals surface area contributed by atoms with Crippen molar-refractivity contribution in [1.29, 1.82) is 0 Å². The summed E-state index contributed by atoms with van der Waals surface area (Å²) < 4.78 is 0. The molecule has 2 aromatic rings. The van der Waals surface area contributed by atoms with Crippen LogP contribution in [0.2, 0.25) is 0 Å². The number of thioether (sulfide) groups is 1.